The number of rotatable bonds is 3. The fourth-order valence-electron chi connectivity index (χ4n) is 2.98. The highest BCUT2D eigenvalue weighted by Gasteiger charge is 2.51. The van der Waals surface area contributed by atoms with Crippen LogP contribution in [0.2, 0.25) is 0 Å². The number of hydrogen-bond acceptors (Lipinski definition) is 2. The summed E-state index contributed by atoms with van der Waals surface area (Å²) in [6.07, 6.45) is 4.60. The van der Waals surface area contributed by atoms with Crippen LogP contribution in [-0.4, -0.2) is 35.3 Å². The van der Waals surface area contributed by atoms with Crippen LogP contribution >= 0.6 is 0 Å². The molecule has 3 rings (SSSR count). The molecule has 4 nitrogen and oxygen atoms in total. The molecule has 0 spiro atoms. The quantitative estimate of drug-likeness (QED) is 0.840. The summed E-state index contributed by atoms with van der Waals surface area (Å²) in [5.41, 5.74) is -0.219. The predicted octanol–water partition coefficient (Wildman–Crippen LogP) is 1.55. The number of carbonyl (C=O) groups excluding carboxylic acids is 2. The van der Waals surface area contributed by atoms with Gasteiger partial charge in [-0.25, -0.2) is 0 Å². The van der Waals surface area contributed by atoms with Crippen LogP contribution in [0, 0.1) is 17.3 Å². The van der Waals surface area contributed by atoms with E-state index in [0.717, 1.165) is 19.4 Å². The first-order valence-corrected chi connectivity index (χ1v) is 7.49. The zero-order valence-corrected chi connectivity index (χ0v) is 12.1. The van der Waals surface area contributed by atoms with Crippen LogP contribution in [0.4, 0.5) is 0 Å². The lowest BCUT2D eigenvalue weighted by Gasteiger charge is -2.43. The molecule has 106 valence electrons. The van der Waals surface area contributed by atoms with Gasteiger partial charge in [-0.2, -0.15) is 0 Å². The van der Waals surface area contributed by atoms with Gasteiger partial charge in [0.25, 0.3) is 0 Å². The normalized spacial score (nSPS) is 32.5. The van der Waals surface area contributed by atoms with Crippen molar-refractivity contribution >= 4 is 11.8 Å². The Morgan fingerprint density at radius 1 is 1.16 bits per heavy atom. The third-order valence-electron chi connectivity index (χ3n) is 4.51. The summed E-state index contributed by atoms with van der Waals surface area (Å²) in [4.78, 5) is 27.0. The molecule has 3 aliphatic rings. The minimum Gasteiger partial charge on any atom is -0.342 e. The Kier molecular flexibility index (Phi) is 2.88. The summed E-state index contributed by atoms with van der Waals surface area (Å²) in [6, 6.07) is -0.555. The van der Waals surface area contributed by atoms with Crippen LogP contribution in [0.3, 0.4) is 0 Å². The van der Waals surface area contributed by atoms with Gasteiger partial charge in [0.1, 0.15) is 12.1 Å². The fraction of sp³-hybridized carbons (Fsp3) is 0.867. The molecule has 1 N–H and O–H groups in total. The Bertz CT molecular complexity index is 405. The van der Waals surface area contributed by atoms with Gasteiger partial charge in [-0.15, -0.1) is 0 Å². The summed E-state index contributed by atoms with van der Waals surface area (Å²) in [5, 5.41) is 2.97. The Labute approximate surface area is 114 Å². The maximum Gasteiger partial charge on any atom is 0.246 e. The number of nitrogens with one attached hydrogen (secondary N) is 1. The van der Waals surface area contributed by atoms with Crippen molar-refractivity contribution < 1.29 is 9.59 Å². The monoisotopic (exact) mass is 264 g/mol. The van der Waals surface area contributed by atoms with Crippen LogP contribution in [-0.2, 0) is 9.59 Å². The molecule has 4 heteroatoms. The standard InChI is InChI=1S/C15H24N2O2/c1-15(2,3)12-14(19)17(8-9-4-5-9)11(10-6-7-10)13(18)16-12/h9-12H,4-8H2,1-3H3,(H,16,18). The zero-order valence-electron chi connectivity index (χ0n) is 12.1. The van der Waals surface area contributed by atoms with Gasteiger partial charge in [-0.1, -0.05) is 20.8 Å². The van der Waals surface area contributed by atoms with Crippen molar-refractivity contribution in [3.8, 4) is 0 Å². The summed E-state index contributed by atoms with van der Waals surface area (Å²) in [5.74, 6) is 1.25. The second kappa shape index (κ2) is 4.22. The van der Waals surface area contributed by atoms with Gasteiger partial charge in [0.15, 0.2) is 0 Å². The minimum atomic E-state index is -0.367. The molecule has 0 aromatic rings. The second-order valence-corrected chi connectivity index (χ2v) is 7.52. The third-order valence-corrected chi connectivity index (χ3v) is 4.51. The molecule has 2 aliphatic carbocycles. The average Bonchev–Trinajstić information content (AvgIpc) is 3.13. The van der Waals surface area contributed by atoms with E-state index in [0.29, 0.717) is 11.8 Å². The number of nitrogens with zero attached hydrogens (tertiary/aromatic N) is 1. The first-order chi connectivity index (χ1) is 8.88. The third kappa shape index (κ3) is 2.49. The molecule has 19 heavy (non-hydrogen) atoms. The van der Waals surface area contributed by atoms with Gasteiger partial charge < -0.3 is 10.2 Å². The minimum absolute atomic E-state index is 0.0719. The molecular weight excluding hydrogens is 240 g/mol. The number of hydrogen-bond donors (Lipinski definition) is 1. The molecule has 0 bridgehead atoms. The van der Waals surface area contributed by atoms with E-state index in [1.165, 1.54) is 12.8 Å². The van der Waals surface area contributed by atoms with Crippen LogP contribution in [0.25, 0.3) is 0 Å². The predicted molar refractivity (Wildman–Crippen MR) is 72.3 cm³/mol. The van der Waals surface area contributed by atoms with Crippen molar-refractivity contribution in [2.24, 2.45) is 17.3 Å². The molecule has 2 atom stereocenters. The summed E-state index contributed by atoms with van der Waals surface area (Å²) in [6.45, 7) is 6.84. The largest absolute Gasteiger partial charge is 0.342 e. The second-order valence-electron chi connectivity index (χ2n) is 7.52. The Hall–Kier alpha value is -1.06. The van der Waals surface area contributed by atoms with E-state index >= 15 is 0 Å². The number of amides is 2. The lowest BCUT2D eigenvalue weighted by molar-refractivity contribution is -0.153. The summed E-state index contributed by atoms with van der Waals surface area (Å²) >= 11 is 0. The number of piperazine rings is 1. The molecule has 0 aromatic heterocycles. The highest BCUT2D eigenvalue weighted by Crippen LogP contribution is 2.40. The van der Waals surface area contributed by atoms with Gasteiger partial charge in [-0.05, 0) is 42.9 Å². The zero-order chi connectivity index (χ0) is 13.8. The van der Waals surface area contributed by atoms with Crippen molar-refractivity contribution in [1.82, 2.24) is 10.2 Å². The highest BCUT2D eigenvalue weighted by atomic mass is 16.2. The van der Waals surface area contributed by atoms with Gasteiger partial charge in [-0.3, -0.25) is 9.59 Å². The van der Waals surface area contributed by atoms with Crippen molar-refractivity contribution in [2.75, 3.05) is 6.54 Å². The van der Waals surface area contributed by atoms with Crippen LogP contribution in [0.15, 0.2) is 0 Å². The summed E-state index contributed by atoms with van der Waals surface area (Å²) in [7, 11) is 0. The van der Waals surface area contributed by atoms with Crippen molar-refractivity contribution in [3.05, 3.63) is 0 Å². The van der Waals surface area contributed by atoms with Gasteiger partial charge in [0, 0.05) is 6.54 Å². The molecule has 3 fully saturated rings. The van der Waals surface area contributed by atoms with E-state index in [1.54, 1.807) is 0 Å². The molecule has 0 radical (unpaired) electrons. The average molecular weight is 264 g/mol. The van der Waals surface area contributed by atoms with E-state index in [1.807, 2.05) is 25.7 Å². The number of carbonyl (C=O) groups is 2. The van der Waals surface area contributed by atoms with E-state index in [9.17, 15) is 9.59 Å². The fourth-order valence-corrected chi connectivity index (χ4v) is 2.98. The van der Waals surface area contributed by atoms with Crippen LogP contribution in [0.1, 0.15) is 46.5 Å². The smallest absolute Gasteiger partial charge is 0.246 e. The van der Waals surface area contributed by atoms with E-state index in [-0.39, 0.29) is 29.3 Å². The SMILES string of the molecule is CC(C)(C)C1NC(=O)C(C2CC2)N(CC2CC2)C1=O. The molecule has 1 saturated heterocycles. The van der Waals surface area contributed by atoms with Gasteiger partial charge >= 0.3 is 0 Å². The van der Waals surface area contributed by atoms with E-state index in [2.05, 4.69) is 5.32 Å². The van der Waals surface area contributed by atoms with Gasteiger partial charge in [0.05, 0.1) is 0 Å². The maximum atomic E-state index is 12.7. The van der Waals surface area contributed by atoms with Crippen molar-refractivity contribution in [2.45, 2.75) is 58.5 Å². The molecule has 1 aliphatic heterocycles. The lowest BCUT2D eigenvalue weighted by Crippen LogP contribution is -2.67. The van der Waals surface area contributed by atoms with Crippen LogP contribution in [0.5, 0.6) is 0 Å². The molecular formula is C15H24N2O2. The molecule has 2 unspecified atom stereocenters. The first kappa shape index (κ1) is 12.9. The Morgan fingerprint density at radius 3 is 2.26 bits per heavy atom. The van der Waals surface area contributed by atoms with E-state index in [4.69, 9.17) is 0 Å². The first-order valence-electron chi connectivity index (χ1n) is 7.49. The van der Waals surface area contributed by atoms with Crippen molar-refractivity contribution in [1.29, 1.82) is 0 Å². The molecule has 1 heterocycles. The molecule has 0 aromatic carbocycles. The van der Waals surface area contributed by atoms with Crippen LogP contribution < -0.4 is 5.32 Å². The summed E-state index contributed by atoms with van der Waals surface area (Å²) < 4.78 is 0. The molecule has 2 amide bonds. The molecule has 2 saturated carbocycles. The Morgan fingerprint density at radius 2 is 1.79 bits per heavy atom. The van der Waals surface area contributed by atoms with Crippen molar-refractivity contribution in [3.63, 3.8) is 0 Å². The van der Waals surface area contributed by atoms with E-state index < -0.39 is 0 Å². The lowest BCUT2D eigenvalue weighted by atomic mass is 9.83. The Balaban J connectivity index is 1.83. The highest BCUT2D eigenvalue weighted by molar-refractivity contribution is 5.97. The van der Waals surface area contributed by atoms with Gasteiger partial charge in [0.2, 0.25) is 11.8 Å². The topological polar surface area (TPSA) is 49.4 Å². The maximum absolute atomic E-state index is 12.7.